The lowest BCUT2D eigenvalue weighted by atomic mass is 9.90. The molecule has 0 unspecified atom stereocenters. The van der Waals surface area contributed by atoms with Crippen LogP contribution in [0.1, 0.15) is 48.0 Å². The van der Waals surface area contributed by atoms with Crippen molar-refractivity contribution in [3.63, 3.8) is 0 Å². The number of fused-ring (bicyclic) bond motifs is 1. The van der Waals surface area contributed by atoms with Gasteiger partial charge in [0.05, 0.1) is 23.4 Å². The van der Waals surface area contributed by atoms with Crippen molar-refractivity contribution in [2.24, 2.45) is 5.92 Å². The van der Waals surface area contributed by atoms with Crippen molar-refractivity contribution in [2.45, 2.75) is 38.5 Å². The fraction of sp³-hybridized carbons (Fsp3) is 0.500. The van der Waals surface area contributed by atoms with Crippen LogP contribution in [0.25, 0.3) is 0 Å². The van der Waals surface area contributed by atoms with Gasteiger partial charge in [0, 0.05) is 12.5 Å². The molecule has 2 aromatic rings. The number of ether oxygens (including phenoxy) is 3. The van der Waals surface area contributed by atoms with Crippen molar-refractivity contribution in [3.8, 4) is 17.2 Å². The van der Waals surface area contributed by atoms with Gasteiger partial charge in [-0.3, -0.25) is 4.79 Å². The number of piperidine rings is 1. The number of carbonyl (C=O) groups excluding carboxylic acids is 1. The smallest absolute Gasteiger partial charge is 0.166 e. The monoisotopic (exact) mass is 472 g/mol. The van der Waals surface area contributed by atoms with E-state index in [1.165, 1.54) is 5.56 Å². The van der Waals surface area contributed by atoms with Gasteiger partial charge < -0.3 is 24.8 Å². The third-order valence-corrected chi connectivity index (χ3v) is 6.98. The molecule has 4 rings (SSSR count). The Morgan fingerprint density at radius 2 is 1.91 bits per heavy atom. The van der Waals surface area contributed by atoms with Crippen LogP contribution < -0.4 is 19.9 Å². The maximum Gasteiger partial charge on any atom is 0.166 e. The zero-order chi connectivity index (χ0) is 23.2. The summed E-state index contributed by atoms with van der Waals surface area (Å²) < 4.78 is 16.6. The molecule has 2 aliphatic rings. The first-order chi connectivity index (χ1) is 16.0. The van der Waals surface area contributed by atoms with Gasteiger partial charge in [-0.15, -0.1) is 0 Å². The second-order valence-corrected chi connectivity index (χ2v) is 9.31. The van der Waals surface area contributed by atoms with E-state index in [0.717, 1.165) is 63.2 Å². The molecule has 0 radical (unpaired) electrons. The van der Waals surface area contributed by atoms with Gasteiger partial charge in [0.2, 0.25) is 0 Å². The van der Waals surface area contributed by atoms with Crippen LogP contribution >= 0.6 is 11.6 Å². The fourth-order valence-electron chi connectivity index (χ4n) is 4.67. The first-order valence-electron chi connectivity index (χ1n) is 11.8. The van der Waals surface area contributed by atoms with Crippen LogP contribution in [-0.4, -0.2) is 50.6 Å². The molecule has 178 valence electrons. The van der Waals surface area contributed by atoms with Crippen LogP contribution in [-0.2, 0) is 6.42 Å². The normalized spacial score (nSPS) is 16.5. The van der Waals surface area contributed by atoms with Crippen molar-refractivity contribution in [3.05, 3.63) is 46.5 Å². The van der Waals surface area contributed by atoms with Crippen LogP contribution in [0.4, 0.5) is 5.69 Å². The summed E-state index contributed by atoms with van der Waals surface area (Å²) in [5.74, 6) is 2.86. The number of nitrogen functional groups attached to an aromatic ring is 1. The lowest BCUT2D eigenvalue weighted by molar-refractivity contribution is 0.0959. The topological polar surface area (TPSA) is 74.0 Å². The number of Topliss-reactive ketones (excluding diaryl/α,β-unsaturated/α-hetero) is 1. The number of rotatable bonds is 9. The van der Waals surface area contributed by atoms with E-state index >= 15 is 0 Å². The van der Waals surface area contributed by atoms with Crippen LogP contribution in [0.3, 0.4) is 0 Å². The van der Waals surface area contributed by atoms with Gasteiger partial charge in [0.1, 0.15) is 19.0 Å². The van der Waals surface area contributed by atoms with Gasteiger partial charge in [0.25, 0.3) is 0 Å². The van der Waals surface area contributed by atoms with E-state index in [1.807, 2.05) is 6.07 Å². The summed E-state index contributed by atoms with van der Waals surface area (Å²) in [6.45, 7) is 4.54. The molecule has 1 saturated heterocycles. The molecule has 0 aliphatic carbocycles. The molecule has 0 bridgehead atoms. The number of aryl methyl sites for hydroxylation is 1. The predicted octanol–water partition coefficient (Wildman–Crippen LogP) is 5.01. The quantitative estimate of drug-likeness (QED) is 0.408. The van der Waals surface area contributed by atoms with Crippen molar-refractivity contribution >= 4 is 23.1 Å². The first-order valence-corrected chi connectivity index (χ1v) is 12.2. The SMILES string of the molecule is COc1cc(N)c(Cl)cc1C(=O)CCC1CCN(CCCc2ccc3c(c2)OCCO3)CC1. The van der Waals surface area contributed by atoms with E-state index in [-0.39, 0.29) is 5.78 Å². The van der Waals surface area contributed by atoms with Crippen LogP contribution in [0.15, 0.2) is 30.3 Å². The van der Waals surface area contributed by atoms with E-state index < -0.39 is 0 Å². The number of nitrogens with zero attached hydrogens (tertiary/aromatic N) is 1. The number of nitrogens with two attached hydrogens (primary N) is 1. The molecule has 2 N–H and O–H groups in total. The van der Waals surface area contributed by atoms with Crippen molar-refractivity contribution in [1.82, 2.24) is 4.90 Å². The molecular formula is C26H33ClN2O4. The van der Waals surface area contributed by atoms with Crippen molar-refractivity contribution in [1.29, 1.82) is 0 Å². The maximum absolute atomic E-state index is 12.8. The maximum atomic E-state index is 12.8. The summed E-state index contributed by atoms with van der Waals surface area (Å²) in [6.07, 6.45) is 5.84. The van der Waals surface area contributed by atoms with E-state index in [1.54, 1.807) is 19.2 Å². The van der Waals surface area contributed by atoms with Gasteiger partial charge in [-0.2, -0.15) is 0 Å². The third-order valence-electron chi connectivity index (χ3n) is 6.65. The van der Waals surface area contributed by atoms with Gasteiger partial charge in [0.15, 0.2) is 17.3 Å². The number of anilines is 1. The number of halogens is 1. The summed E-state index contributed by atoms with van der Waals surface area (Å²) in [5, 5.41) is 0.392. The highest BCUT2D eigenvalue weighted by Crippen LogP contribution is 2.32. The summed E-state index contributed by atoms with van der Waals surface area (Å²) >= 11 is 6.11. The minimum atomic E-state index is 0.0654. The lowest BCUT2D eigenvalue weighted by Crippen LogP contribution is -2.34. The van der Waals surface area contributed by atoms with Crippen LogP contribution in [0.5, 0.6) is 17.2 Å². The van der Waals surface area contributed by atoms with E-state index in [9.17, 15) is 4.79 Å². The molecule has 33 heavy (non-hydrogen) atoms. The van der Waals surface area contributed by atoms with Crippen molar-refractivity contribution in [2.75, 3.05) is 45.7 Å². The minimum absolute atomic E-state index is 0.0654. The number of hydrogen-bond donors (Lipinski definition) is 1. The fourth-order valence-corrected chi connectivity index (χ4v) is 4.84. The Labute approximate surface area is 200 Å². The first kappa shape index (κ1) is 23.7. The molecule has 6 nitrogen and oxygen atoms in total. The highest BCUT2D eigenvalue weighted by molar-refractivity contribution is 6.33. The Kier molecular flexibility index (Phi) is 7.99. The largest absolute Gasteiger partial charge is 0.496 e. The van der Waals surface area contributed by atoms with Crippen molar-refractivity contribution < 1.29 is 19.0 Å². The van der Waals surface area contributed by atoms with E-state index in [2.05, 4.69) is 17.0 Å². The Morgan fingerprint density at radius 1 is 1.15 bits per heavy atom. The molecule has 0 aromatic heterocycles. The van der Waals surface area contributed by atoms with Crippen LogP contribution in [0, 0.1) is 5.92 Å². The molecule has 0 spiro atoms. The van der Waals surface area contributed by atoms with Crippen LogP contribution in [0.2, 0.25) is 5.02 Å². The lowest BCUT2D eigenvalue weighted by Gasteiger charge is -2.32. The van der Waals surface area contributed by atoms with E-state index in [4.69, 9.17) is 31.5 Å². The Balaban J connectivity index is 1.17. The molecule has 7 heteroatoms. The number of carbonyl (C=O) groups is 1. The molecular weight excluding hydrogens is 440 g/mol. The Hall–Kier alpha value is -2.44. The Morgan fingerprint density at radius 3 is 2.67 bits per heavy atom. The number of likely N-dealkylation sites (tertiary alicyclic amines) is 1. The van der Waals surface area contributed by atoms with E-state index in [0.29, 0.717) is 47.6 Å². The number of hydrogen-bond acceptors (Lipinski definition) is 6. The zero-order valence-electron chi connectivity index (χ0n) is 19.3. The number of benzene rings is 2. The number of methoxy groups -OCH3 is 1. The highest BCUT2D eigenvalue weighted by Gasteiger charge is 2.22. The average molecular weight is 473 g/mol. The number of ketones is 1. The second kappa shape index (κ2) is 11.1. The third kappa shape index (κ3) is 6.12. The summed E-state index contributed by atoms with van der Waals surface area (Å²) in [5.41, 5.74) is 8.07. The molecule has 2 aliphatic heterocycles. The molecule has 1 fully saturated rings. The van der Waals surface area contributed by atoms with Gasteiger partial charge in [-0.05, 0) is 81.4 Å². The second-order valence-electron chi connectivity index (χ2n) is 8.90. The molecule has 0 amide bonds. The molecule has 2 heterocycles. The zero-order valence-corrected chi connectivity index (χ0v) is 20.0. The molecule has 0 saturated carbocycles. The summed E-state index contributed by atoms with van der Waals surface area (Å²) in [4.78, 5) is 15.3. The van der Waals surface area contributed by atoms with Gasteiger partial charge in [-0.25, -0.2) is 0 Å². The average Bonchev–Trinajstić information content (AvgIpc) is 2.84. The van der Waals surface area contributed by atoms with Gasteiger partial charge in [-0.1, -0.05) is 17.7 Å². The molecule has 2 aromatic carbocycles. The summed E-state index contributed by atoms with van der Waals surface area (Å²) in [6, 6.07) is 9.52. The standard InChI is InChI=1S/C26H33ClN2O4/c1-31-25-17-22(28)21(27)16-20(25)23(30)6-4-18-8-11-29(12-9-18)10-2-3-19-5-7-24-26(15-19)33-14-13-32-24/h5,7,15-18H,2-4,6,8-14,28H2,1H3. The molecule has 0 atom stereocenters. The van der Waals surface area contributed by atoms with Gasteiger partial charge >= 0.3 is 0 Å². The summed E-state index contributed by atoms with van der Waals surface area (Å²) in [7, 11) is 1.54. The highest BCUT2D eigenvalue weighted by atomic mass is 35.5. The predicted molar refractivity (Wildman–Crippen MR) is 131 cm³/mol. The Bertz CT molecular complexity index is 973. The minimum Gasteiger partial charge on any atom is -0.496 e.